The lowest BCUT2D eigenvalue weighted by atomic mass is 10.1. The third-order valence-electron chi connectivity index (χ3n) is 3.30. The van der Waals surface area contributed by atoms with E-state index in [1.165, 1.54) is 25.7 Å². The lowest BCUT2D eigenvalue weighted by molar-refractivity contribution is 0.154. The molecule has 0 aromatic carbocycles. The molecule has 0 rings (SSSR count). The average Bonchev–Trinajstić information content (AvgIpc) is 2.09. The summed E-state index contributed by atoms with van der Waals surface area (Å²) >= 11 is 0. The van der Waals surface area contributed by atoms with Crippen LogP contribution in [0.5, 0.6) is 0 Å². The fraction of sp³-hybridized carbons (Fsp3) is 1.00. The van der Waals surface area contributed by atoms with E-state index in [0.717, 1.165) is 6.42 Å². The van der Waals surface area contributed by atoms with Gasteiger partial charge < -0.3 is 5.11 Å². The fourth-order valence-corrected chi connectivity index (χ4v) is 2.93. The average molecular weight is 216 g/mol. The summed E-state index contributed by atoms with van der Waals surface area (Å²) in [5, 5.41) is 9.99. The minimum Gasteiger partial charge on any atom is -0.393 e. The van der Waals surface area contributed by atoms with E-state index in [4.69, 9.17) is 0 Å². The van der Waals surface area contributed by atoms with E-state index in [2.05, 4.69) is 33.5 Å². The van der Waals surface area contributed by atoms with Gasteiger partial charge in [0.05, 0.1) is 6.10 Å². The lowest BCUT2D eigenvalue weighted by Gasteiger charge is -2.29. The summed E-state index contributed by atoms with van der Waals surface area (Å²) < 4.78 is 0. The summed E-state index contributed by atoms with van der Waals surface area (Å²) in [6.07, 6.45) is 6.02. The molecule has 0 bridgehead atoms. The highest BCUT2D eigenvalue weighted by Crippen LogP contribution is 2.27. The van der Waals surface area contributed by atoms with Gasteiger partial charge in [0, 0.05) is 8.07 Å². The molecule has 0 aromatic heterocycles. The van der Waals surface area contributed by atoms with Crippen molar-refractivity contribution in [1.29, 1.82) is 0 Å². The van der Waals surface area contributed by atoms with Gasteiger partial charge >= 0.3 is 0 Å². The van der Waals surface area contributed by atoms with Crippen LogP contribution in [0.2, 0.25) is 25.2 Å². The molecule has 2 heteroatoms. The molecule has 0 amide bonds. The van der Waals surface area contributed by atoms with E-state index in [0.29, 0.717) is 5.54 Å². The van der Waals surface area contributed by atoms with Crippen LogP contribution in [-0.2, 0) is 0 Å². The number of aliphatic hydroxyl groups is 1. The molecule has 14 heavy (non-hydrogen) atoms. The topological polar surface area (TPSA) is 20.2 Å². The quantitative estimate of drug-likeness (QED) is 0.503. The van der Waals surface area contributed by atoms with Crippen molar-refractivity contribution in [2.45, 2.75) is 77.2 Å². The van der Waals surface area contributed by atoms with Gasteiger partial charge in [-0.15, -0.1) is 0 Å². The van der Waals surface area contributed by atoms with Crippen molar-refractivity contribution in [3.05, 3.63) is 0 Å². The first kappa shape index (κ1) is 14.2. The Morgan fingerprint density at radius 3 is 2.07 bits per heavy atom. The lowest BCUT2D eigenvalue weighted by Crippen LogP contribution is -2.34. The monoisotopic (exact) mass is 216 g/mol. The normalized spacial score (nSPS) is 16.7. The van der Waals surface area contributed by atoms with Crippen LogP contribution in [0.15, 0.2) is 0 Å². The zero-order valence-corrected chi connectivity index (χ0v) is 11.6. The van der Waals surface area contributed by atoms with Crippen LogP contribution in [0.3, 0.4) is 0 Å². The van der Waals surface area contributed by atoms with Crippen molar-refractivity contribution in [3.63, 3.8) is 0 Å². The predicted molar refractivity (Wildman–Crippen MR) is 67.5 cm³/mol. The van der Waals surface area contributed by atoms with Crippen LogP contribution in [-0.4, -0.2) is 19.3 Å². The first-order valence-electron chi connectivity index (χ1n) is 6.07. The molecule has 0 aliphatic heterocycles. The molecule has 0 radical (unpaired) electrons. The molecule has 2 unspecified atom stereocenters. The van der Waals surface area contributed by atoms with Crippen LogP contribution >= 0.6 is 0 Å². The van der Waals surface area contributed by atoms with Crippen molar-refractivity contribution in [3.8, 4) is 0 Å². The van der Waals surface area contributed by atoms with Gasteiger partial charge in [-0.1, -0.05) is 59.2 Å². The van der Waals surface area contributed by atoms with Crippen molar-refractivity contribution in [1.82, 2.24) is 0 Å². The third-order valence-corrected chi connectivity index (χ3v) is 6.41. The Bertz CT molecular complexity index is 140. The van der Waals surface area contributed by atoms with Gasteiger partial charge in [0.15, 0.2) is 0 Å². The van der Waals surface area contributed by atoms with Gasteiger partial charge in [0.25, 0.3) is 0 Å². The standard InChI is InChI=1S/C12H28OSi/c1-6-7-8-9-10-12(13)11(2)14(3,4)5/h11-13H,6-10H2,1-5H3. The number of hydrogen-bond donors (Lipinski definition) is 1. The van der Waals surface area contributed by atoms with E-state index in [-0.39, 0.29) is 6.10 Å². The molecular formula is C12H28OSi. The SMILES string of the molecule is CCCCCCC(O)C(C)[Si](C)(C)C. The Morgan fingerprint density at radius 1 is 1.07 bits per heavy atom. The maximum Gasteiger partial charge on any atom is 0.0542 e. The molecule has 1 nitrogen and oxygen atoms in total. The minimum absolute atomic E-state index is 0.0569. The van der Waals surface area contributed by atoms with Gasteiger partial charge in [-0.25, -0.2) is 0 Å². The van der Waals surface area contributed by atoms with E-state index in [9.17, 15) is 5.11 Å². The van der Waals surface area contributed by atoms with Crippen LogP contribution in [0.1, 0.15) is 46.0 Å². The molecule has 1 N–H and O–H groups in total. The maximum absolute atomic E-state index is 9.99. The maximum atomic E-state index is 9.99. The highest BCUT2D eigenvalue weighted by molar-refractivity contribution is 6.77. The molecule has 0 aliphatic carbocycles. The van der Waals surface area contributed by atoms with Crippen molar-refractivity contribution in [2.75, 3.05) is 0 Å². The van der Waals surface area contributed by atoms with Crippen LogP contribution < -0.4 is 0 Å². The minimum atomic E-state index is -1.14. The number of unbranched alkanes of at least 4 members (excludes halogenated alkanes) is 3. The van der Waals surface area contributed by atoms with Gasteiger partial charge in [0.1, 0.15) is 0 Å². The Balaban J connectivity index is 3.68. The van der Waals surface area contributed by atoms with E-state index in [1.54, 1.807) is 0 Å². The summed E-state index contributed by atoms with van der Waals surface area (Å²) in [4.78, 5) is 0. The smallest absolute Gasteiger partial charge is 0.0542 e. The molecule has 0 fully saturated rings. The fourth-order valence-electron chi connectivity index (χ4n) is 1.61. The molecule has 0 aromatic rings. The molecule has 0 heterocycles. The highest BCUT2D eigenvalue weighted by atomic mass is 28.3. The molecule has 2 atom stereocenters. The first-order valence-corrected chi connectivity index (χ1v) is 9.65. The number of aliphatic hydroxyl groups excluding tert-OH is 1. The molecular weight excluding hydrogens is 188 g/mol. The number of rotatable bonds is 7. The predicted octanol–water partition coefficient (Wildman–Crippen LogP) is 4.05. The summed E-state index contributed by atoms with van der Waals surface area (Å²) in [6, 6.07) is 0. The third kappa shape index (κ3) is 5.81. The Kier molecular flexibility index (Phi) is 6.71. The largest absolute Gasteiger partial charge is 0.393 e. The van der Waals surface area contributed by atoms with E-state index in [1.807, 2.05) is 0 Å². The Labute approximate surface area is 90.9 Å². The molecule has 0 spiro atoms. The summed E-state index contributed by atoms with van der Waals surface area (Å²) in [5.74, 6) is 0. The van der Waals surface area contributed by atoms with Crippen molar-refractivity contribution in [2.24, 2.45) is 0 Å². The summed E-state index contributed by atoms with van der Waals surface area (Å²) in [6.45, 7) is 11.5. The van der Waals surface area contributed by atoms with Gasteiger partial charge in [0.2, 0.25) is 0 Å². The number of hydrogen-bond acceptors (Lipinski definition) is 1. The van der Waals surface area contributed by atoms with Crippen LogP contribution in [0, 0.1) is 0 Å². The zero-order chi connectivity index (χ0) is 11.2. The first-order chi connectivity index (χ1) is 6.39. The highest BCUT2D eigenvalue weighted by Gasteiger charge is 2.27. The van der Waals surface area contributed by atoms with E-state index < -0.39 is 8.07 Å². The van der Waals surface area contributed by atoms with Gasteiger partial charge in [-0.2, -0.15) is 0 Å². The van der Waals surface area contributed by atoms with Crippen molar-refractivity contribution < 1.29 is 5.11 Å². The Hall–Kier alpha value is 0.177. The van der Waals surface area contributed by atoms with Crippen LogP contribution in [0.4, 0.5) is 0 Å². The second kappa shape index (κ2) is 6.62. The molecule has 0 saturated carbocycles. The van der Waals surface area contributed by atoms with Gasteiger partial charge in [-0.05, 0) is 12.0 Å². The Morgan fingerprint density at radius 2 is 1.64 bits per heavy atom. The van der Waals surface area contributed by atoms with Gasteiger partial charge in [-0.3, -0.25) is 0 Å². The second-order valence-corrected chi connectivity index (χ2v) is 11.2. The zero-order valence-electron chi connectivity index (χ0n) is 10.6. The van der Waals surface area contributed by atoms with Crippen molar-refractivity contribution >= 4 is 8.07 Å². The van der Waals surface area contributed by atoms with E-state index >= 15 is 0 Å². The molecule has 86 valence electrons. The second-order valence-electron chi connectivity index (χ2n) is 5.57. The molecule has 0 aliphatic rings. The molecule has 0 saturated heterocycles. The van der Waals surface area contributed by atoms with Crippen LogP contribution in [0.25, 0.3) is 0 Å². The summed E-state index contributed by atoms with van der Waals surface area (Å²) in [7, 11) is -1.14. The summed E-state index contributed by atoms with van der Waals surface area (Å²) in [5.41, 5.74) is 0.532.